The normalized spacial score (nSPS) is 14.4. The Hall–Kier alpha value is -1.12. The van der Waals surface area contributed by atoms with E-state index in [1.54, 1.807) is 11.6 Å². The minimum atomic E-state index is -3.66. The van der Waals surface area contributed by atoms with Crippen molar-refractivity contribution in [2.45, 2.75) is 31.8 Å². The van der Waals surface area contributed by atoms with Crippen LogP contribution in [-0.2, 0) is 10.0 Å². The minimum Gasteiger partial charge on any atom is -0.381 e. The number of hydrogen-bond acceptors (Lipinski definition) is 5. The molecule has 0 radical (unpaired) electrons. The van der Waals surface area contributed by atoms with Crippen LogP contribution < -0.4 is 10.5 Å². The molecule has 0 aliphatic carbocycles. The number of fused-ring (bicyclic) bond motifs is 1. The number of thiazole rings is 1. The van der Waals surface area contributed by atoms with Crippen LogP contribution in [0.25, 0.3) is 4.96 Å². The van der Waals surface area contributed by atoms with E-state index in [2.05, 4.69) is 9.71 Å². The maximum atomic E-state index is 12.3. The topological polar surface area (TPSA) is 89.5 Å². The average molecular weight is 288 g/mol. The molecule has 0 bridgehead atoms. The van der Waals surface area contributed by atoms with Gasteiger partial charge in [-0.3, -0.25) is 4.40 Å². The fraction of sp³-hybridized carbons (Fsp3) is 0.500. The molecule has 0 fully saturated rings. The van der Waals surface area contributed by atoms with Gasteiger partial charge in [0.05, 0.1) is 0 Å². The summed E-state index contributed by atoms with van der Waals surface area (Å²) in [4.78, 5) is 4.61. The molecule has 1 unspecified atom stereocenters. The van der Waals surface area contributed by atoms with Crippen LogP contribution in [0, 0.1) is 5.92 Å². The lowest BCUT2D eigenvalue weighted by molar-refractivity contribution is 0.475. The van der Waals surface area contributed by atoms with E-state index < -0.39 is 10.0 Å². The van der Waals surface area contributed by atoms with Gasteiger partial charge in [0.2, 0.25) is 0 Å². The quantitative estimate of drug-likeness (QED) is 0.887. The van der Waals surface area contributed by atoms with Crippen LogP contribution in [0.2, 0.25) is 0 Å². The Morgan fingerprint density at radius 3 is 2.72 bits per heavy atom. The van der Waals surface area contributed by atoms with E-state index in [9.17, 15) is 8.42 Å². The third kappa shape index (κ3) is 2.23. The second-order valence-electron chi connectivity index (χ2n) is 4.51. The summed E-state index contributed by atoms with van der Waals surface area (Å²) in [6, 6.07) is -0.168. The molecular weight excluding hydrogens is 272 g/mol. The molecule has 2 heterocycles. The molecule has 18 heavy (non-hydrogen) atoms. The number of anilines is 1. The molecule has 0 spiro atoms. The van der Waals surface area contributed by atoms with Gasteiger partial charge in [0, 0.05) is 17.6 Å². The number of nitrogens with one attached hydrogen (secondary N) is 1. The smallest absolute Gasteiger partial charge is 0.260 e. The lowest BCUT2D eigenvalue weighted by Gasteiger charge is -2.17. The SMILES string of the molecule is CC(C)C(C)NS(=O)(=O)c1c(N)nc2sccn12. The van der Waals surface area contributed by atoms with E-state index in [4.69, 9.17) is 5.73 Å². The zero-order chi connectivity index (χ0) is 13.5. The Kier molecular flexibility index (Phi) is 3.35. The highest BCUT2D eigenvalue weighted by molar-refractivity contribution is 7.89. The molecule has 0 aliphatic rings. The van der Waals surface area contributed by atoms with Crippen molar-refractivity contribution in [2.75, 3.05) is 5.73 Å². The molecule has 0 saturated heterocycles. The van der Waals surface area contributed by atoms with Gasteiger partial charge in [-0.1, -0.05) is 13.8 Å². The molecule has 2 aromatic rings. The van der Waals surface area contributed by atoms with Crippen molar-refractivity contribution in [3.05, 3.63) is 11.6 Å². The van der Waals surface area contributed by atoms with Crippen molar-refractivity contribution >= 4 is 32.1 Å². The predicted octanol–water partition coefficient (Wildman–Crippen LogP) is 1.30. The fourth-order valence-corrected chi connectivity index (χ4v) is 3.86. The van der Waals surface area contributed by atoms with Gasteiger partial charge in [0.1, 0.15) is 0 Å². The number of sulfonamides is 1. The Balaban J connectivity index is 2.46. The molecule has 100 valence electrons. The van der Waals surface area contributed by atoms with Gasteiger partial charge in [-0.05, 0) is 12.8 Å². The van der Waals surface area contributed by atoms with Crippen LogP contribution in [-0.4, -0.2) is 23.8 Å². The maximum Gasteiger partial charge on any atom is 0.260 e. The van der Waals surface area contributed by atoms with Crippen molar-refractivity contribution in [3.63, 3.8) is 0 Å². The molecule has 1 atom stereocenters. The summed E-state index contributed by atoms with van der Waals surface area (Å²) in [6.07, 6.45) is 1.65. The Bertz CT molecular complexity index is 657. The van der Waals surface area contributed by atoms with Crippen LogP contribution in [0.4, 0.5) is 5.82 Å². The fourth-order valence-electron chi connectivity index (χ4n) is 1.49. The van der Waals surface area contributed by atoms with E-state index in [0.29, 0.717) is 4.96 Å². The summed E-state index contributed by atoms with van der Waals surface area (Å²) in [5, 5.41) is 1.79. The van der Waals surface area contributed by atoms with Gasteiger partial charge in [-0.25, -0.2) is 18.1 Å². The molecule has 6 nitrogen and oxygen atoms in total. The second-order valence-corrected chi connectivity index (χ2v) is 7.01. The first kappa shape index (κ1) is 13.3. The van der Waals surface area contributed by atoms with Crippen LogP contribution >= 0.6 is 11.3 Å². The van der Waals surface area contributed by atoms with Gasteiger partial charge in [0.15, 0.2) is 15.8 Å². The molecule has 0 saturated carbocycles. The molecule has 0 aliphatic heterocycles. The van der Waals surface area contributed by atoms with Crippen LogP contribution in [0.1, 0.15) is 20.8 Å². The molecule has 3 N–H and O–H groups in total. The predicted molar refractivity (Wildman–Crippen MR) is 72.1 cm³/mol. The largest absolute Gasteiger partial charge is 0.381 e. The number of imidazole rings is 1. The molecule has 2 rings (SSSR count). The Morgan fingerprint density at radius 2 is 2.11 bits per heavy atom. The highest BCUT2D eigenvalue weighted by Gasteiger charge is 2.26. The van der Waals surface area contributed by atoms with Gasteiger partial charge in [0.25, 0.3) is 10.0 Å². The number of hydrogen-bond donors (Lipinski definition) is 2. The van der Waals surface area contributed by atoms with E-state index in [1.807, 2.05) is 20.8 Å². The number of rotatable bonds is 4. The zero-order valence-corrected chi connectivity index (χ0v) is 12.0. The van der Waals surface area contributed by atoms with Crippen molar-refractivity contribution in [1.29, 1.82) is 0 Å². The Morgan fingerprint density at radius 1 is 1.44 bits per heavy atom. The van der Waals surface area contributed by atoms with Gasteiger partial charge in [-0.15, -0.1) is 11.3 Å². The summed E-state index contributed by atoms with van der Waals surface area (Å²) in [5.74, 6) is 0.234. The van der Waals surface area contributed by atoms with Crippen molar-refractivity contribution in [3.8, 4) is 0 Å². The van der Waals surface area contributed by atoms with Crippen LogP contribution in [0.5, 0.6) is 0 Å². The third-order valence-corrected chi connectivity index (χ3v) is 5.19. The van der Waals surface area contributed by atoms with Crippen LogP contribution in [0.15, 0.2) is 16.6 Å². The average Bonchev–Trinajstić information content (AvgIpc) is 2.75. The summed E-state index contributed by atoms with van der Waals surface area (Å²) < 4.78 is 28.7. The summed E-state index contributed by atoms with van der Waals surface area (Å²) in [5.41, 5.74) is 5.69. The molecule has 0 aromatic carbocycles. The van der Waals surface area contributed by atoms with Gasteiger partial charge >= 0.3 is 0 Å². The minimum absolute atomic E-state index is 0.0197. The summed E-state index contributed by atoms with van der Waals surface area (Å²) in [6.45, 7) is 5.73. The monoisotopic (exact) mass is 288 g/mol. The van der Waals surface area contributed by atoms with E-state index in [1.165, 1.54) is 15.7 Å². The number of aromatic nitrogens is 2. The number of nitrogens with two attached hydrogens (primary N) is 1. The zero-order valence-electron chi connectivity index (χ0n) is 10.4. The molecule has 0 amide bonds. The first-order valence-corrected chi connectivity index (χ1v) is 7.92. The third-order valence-electron chi connectivity index (χ3n) is 2.84. The standard InChI is InChI=1S/C10H16N4O2S2/c1-6(2)7(3)13-18(15,16)9-8(11)12-10-14(9)4-5-17-10/h4-7,13H,11H2,1-3H3. The lowest BCUT2D eigenvalue weighted by atomic mass is 10.1. The van der Waals surface area contributed by atoms with Crippen molar-refractivity contribution in [2.24, 2.45) is 5.92 Å². The molecule has 2 aromatic heterocycles. The highest BCUT2D eigenvalue weighted by Crippen LogP contribution is 2.23. The lowest BCUT2D eigenvalue weighted by Crippen LogP contribution is -2.36. The molecular formula is C10H16N4O2S2. The Labute approximate surface area is 110 Å². The van der Waals surface area contributed by atoms with Gasteiger partial charge < -0.3 is 5.73 Å². The van der Waals surface area contributed by atoms with Crippen molar-refractivity contribution in [1.82, 2.24) is 14.1 Å². The first-order valence-electron chi connectivity index (χ1n) is 5.56. The maximum absolute atomic E-state index is 12.3. The van der Waals surface area contributed by atoms with Crippen LogP contribution in [0.3, 0.4) is 0 Å². The second kappa shape index (κ2) is 4.52. The van der Waals surface area contributed by atoms with E-state index in [-0.39, 0.29) is 22.8 Å². The molecule has 8 heteroatoms. The van der Waals surface area contributed by atoms with E-state index >= 15 is 0 Å². The summed E-state index contributed by atoms with van der Waals surface area (Å²) in [7, 11) is -3.66. The first-order chi connectivity index (χ1) is 8.33. The van der Waals surface area contributed by atoms with Gasteiger partial charge in [-0.2, -0.15) is 0 Å². The number of nitrogens with zero attached hydrogens (tertiary/aromatic N) is 2. The van der Waals surface area contributed by atoms with E-state index in [0.717, 1.165) is 0 Å². The number of nitrogen functional groups attached to an aromatic ring is 1. The highest BCUT2D eigenvalue weighted by atomic mass is 32.2. The summed E-state index contributed by atoms with van der Waals surface area (Å²) >= 11 is 1.34. The van der Waals surface area contributed by atoms with Crippen molar-refractivity contribution < 1.29 is 8.42 Å².